The Bertz CT molecular complexity index is 2220. The van der Waals surface area contributed by atoms with Gasteiger partial charge in [-0.1, -0.05) is 146 Å². The third-order valence-corrected chi connectivity index (χ3v) is 13.4. The number of aliphatic hydroxyl groups excluding tert-OH is 1. The first-order chi connectivity index (χ1) is 34.6. The van der Waals surface area contributed by atoms with Crippen molar-refractivity contribution in [3.8, 4) is 11.4 Å². The van der Waals surface area contributed by atoms with Crippen LogP contribution >= 0.6 is 0 Å². The Morgan fingerprint density at radius 2 is 1.45 bits per heavy atom. The van der Waals surface area contributed by atoms with Gasteiger partial charge in [0.05, 0.1) is 42.2 Å². The lowest BCUT2D eigenvalue weighted by Gasteiger charge is -2.35. The number of nitroso groups, excluding NO2 is 1. The monoisotopic (exact) mass is 990 g/mol. The summed E-state index contributed by atoms with van der Waals surface area (Å²) in [6.45, 7) is 4.39. The predicted molar refractivity (Wildman–Crippen MR) is 270 cm³/mol. The van der Waals surface area contributed by atoms with Gasteiger partial charge in [0.1, 0.15) is 13.2 Å². The van der Waals surface area contributed by atoms with Gasteiger partial charge in [-0.25, -0.2) is 14.6 Å². The van der Waals surface area contributed by atoms with E-state index in [4.69, 9.17) is 28.7 Å². The van der Waals surface area contributed by atoms with E-state index in [2.05, 4.69) is 22.7 Å². The second kappa shape index (κ2) is 31.3. The van der Waals surface area contributed by atoms with Crippen molar-refractivity contribution in [2.24, 2.45) is 5.18 Å². The van der Waals surface area contributed by atoms with Crippen molar-refractivity contribution in [1.29, 1.82) is 0 Å². The first kappa shape index (κ1) is 56.7. The van der Waals surface area contributed by atoms with Crippen molar-refractivity contribution in [3.05, 3.63) is 68.3 Å². The normalized spacial score (nSPS) is 15.6. The smallest absolute Gasteiger partial charge is 0.408 e. The molecule has 0 spiro atoms. The molecule has 0 aliphatic carbocycles. The quantitative estimate of drug-likeness (QED) is 0.0126. The summed E-state index contributed by atoms with van der Waals surface area (Å²) >= 11 is 0. The number of ether oxygens (including phenoxy) is 5. The van der Waals surface area contributed by atoms with E-state index in [0.29, 0.717) is 37.4 Å². The number of carbonyl (C=O) groups excluding carboxylic acids is 4. The summed E-state index contributed by atoms with van der Waals surface area (Å²) in [5.74, 6) is -1.44. The molecule has 4 heterocycles. The molecule has 3 aromatic rings. The van der Waals surface area contributed by atoms with Crippen molar-refractivity contribution in [3.63, 3.8) is 0 Å². The Morgan fingerprint density at radius 1 is 0.817 bits per heavy atom. The number of benzene rings is 1. The molecule has 2 aliphatic heterocycles. The largest absolute Gasteiger partial charge is 0.457 e. The third kappa shape index (κ3) is 17.8. The van der Waals surface area contributed by atoms with E-state index >= 15 is 0 Å². The Morgan fingerprint density at radius 3 is 2.13 bits per heavy atom. The summed E-state index contributed by atoms with van der Waals surface area (Å²) in [5.41, 5.74) is 1.14. The molecule has 17 nitrogen and oxygen atoms in total. The summed E-state index contributed by atoms with van der Waals surface area (Å²) in [5, 5.41) is 19.6. The zero-order valence-electron chi connectivity index (χ0n) is 42.3. The van der Waals surface area contributed by atoms with E-state index in [-0.39, 0.29) is 81.3 Å². The number of para-hydroxylation sites is 1. The number of esters is 2. The molecular formula is C54H79N5O12. The van der Waals surface area contributed by atoms with E-state index < -0.39 is 36.0 Å². The van der Waals surface area contributed by atoms with Crippen molar-refractivity contribution in [1.82, 2.24) is 20.2 Å². The van der Waals surface area contributed by atoms with Crippen LogP contribution in [0.2, 0.25) is 0 Å². The van der Waals surface area contributed by atoms with Crippen LogP contribution in [-0.2, 0) is 56.8 Å². The highest BCUT2D eigenvalue weighted by molar-refractivity contribution is 5.88. The topological polar surface area (TPSA) is 223 Å². The van der Waals surface area contributed by atoms with Gasteiger partial charge in [-0.15, -0.1) is 0 Å². The molecule has 2 aliphatic rings. The number of cyclic esters (lactones) is 1. The second-order valence-electron chi connectivity index (χ2n) is 18.9. The fourth-order valence-corrected chi connectivity index (χ4v) is 9.31. The van der Waals surface area contributed by atoms with Crippen LogP contribution in [0.15, 0.2) is 46.4 Å². The number of amides is 2. The fraction of sp³-hybridized carbons (Fsp3) is 0.667. The number of hydrogen-bond donors (Lipinski definition) is 3. The lowest BCUT2D eigenvalue weighted by Crippen LogP contribution is -2.49. The Hall–Kier alpha value is -5.26. The molecule has 0 radical (unpaired) electrons. The molecule has 2 aromatic heterocycles. The van der Waals surface area contributed by atoms with Crippen molar-refractivity contribution in [2.75, 3.05) is 39.5 Å². The third-order valence-electron chi connectivity index (χ3n) is 13.4. The summed E-state index contributed by atoms with van der Waals surface area (Å²) < 4.78 is 29.4. The van der Waals surface area contributed by atoms with Gasteiger partial charge in [0.2, 0.25) is 11.5 Å². The summed E-state index contributed by atoms with van der Waals surface area (Å²) in [6, 6.07) is 11.4. The van der Waals surface area contributed by atoms with Crippen LogP contribution in [0.3, 0.4) is 0 Å². The molecule has 2 unspecified atom stereocenters. The maximum absolute atomic E-state index is 13.8. The summed E-state index contributed by atoms with van der Waals surface area (Å²) in [4.78, 5) is 80.9. The molecule has 392 valence electrons. The van der Waals surface area contributed by atoms with Gasteiger partial charge in [-0.2, -0.15) is 4.91 Å². The van der Waals surface area contributed by atoms with Crippen LogP contribution in [0.4, 0.5) is 4.79 Å². The molecule has 71 heavy (non-hydrogen) atoms. The van der Waals surface area contributed by atoms with Gasteiger partial charge < -0.3 is 44.0 Å². The number of rotatable bonds is 37. The van der Waals surface area contributed by atoms with E-state index in [0.717, 1.165) is 55.0 Å². The molecule has 3 atom stereocenters. The number of nitrogens with zero attached hydrogens (tertiary/aromatic N) is 3. The van der Waals surface area contributed by atoms with Crippen molar-refractivity contribution in [2.45, 2.75) is 193 Å². The van der Waals surface area contributed by atoms with Gasteiger partial charge >= 0.3 is 18.0 Å². The van der Waals surface area contributed by atoms with Crippen LogP contribution < -0.4 is 16.2 Å². The standard InChI is InChI=1S/C54H79N5O12/c1-3-5-6-7-8-9-10-11-12-13-14-15-16-20-25-33-67-39-46(51(63)68-34-32-57-66)70-48(61)29-22-19-17-18-21-28-47(60)55-30-31-56-53(65)71-54(4-2)43-36-45-49-41(35-40-26-23-24-27-44(40)58-49)37-59(45)50(62)42(43)38-69-52(54)64/h23-24,26-27,35-36,46,51,63H,3-22,25,28-34,37-39H2,1-2H3,(H,55,60)(H,56,65)/t46?,51?,54-/m0/s1. The molecule has 5 rings (SSSR count). The molecular weight excluding hydrogens is 911 g/mol. The van der Waals surface area contributed by atoms with Crippen molar-refractivity contribution < 1.29 is 48.0 Å². The van der Waals surface area contributed by atoms with E-state index in [1.54, 1.807) is 17.6 Å². The maximum atomic E-state index is 13.8. The SMILES string of the molecule is CCCCCCCCCCCCCCCCCOCC(OC(=O)CCCCCCCC(=O)NCCNC(=O)O[C@]1(CC)C(=O)OCc2c1cc1n(c2=O)Cc2cc3ccccc3nc2-1)C(O)OCCN=O. The lowest BCUT2D eigenvalue weighted by atomic mass is 9.85. The number of hydrogen-bond acceptors (Lipinski definition) is 14. The Labute approximate surface area is 418 Å². The molecule has 0 bridgehead atoms. The summed E-state index contributed by atoms with van der Waals surface area (Å²) in [7, 11) is 0. The van der Waals surface area contributed by atoms with Gasteiger partial charge in [-0.3, -0.25) is 14.4 Å². The number of fused-ring (bicyclic) bond motifs is 5. The number of aliphatic hydroxyl groups is 1. The van der Waals surface area contributed by atoms with E-state index in [9.17, 15) is 34.0 Å². The molecule has 0 saturated carbocycles. The first-order valence-electron chi connectivity index (χ1n) is 26.5. The highest BCUT2D eigenvalue weighted by Crippen LogP contribution is 2.41. The lowest BCUT2D eigenvalue weighted by molar-refractivity contribution is -0.199. The van der Waals surface area contributed by atoms with Gasteiger partial charge in [0.25, 0.3) is 5.56 Å². The zero-order valence-corrected chi connectivity index (χ0v) is 42.3. The number of aromatic nitrogens is 2. The maximum Gasteiger partial charge on any atom is 0.408 e. The van der Waals surface area contributed by atoms with Crippen LogP contribution in [0.1, 0.15) is 178 Å². The number of nitrogens with one attached hydrogen (secondary N) is 2. The number of unbranched alkanes of at least 4 members (excludes halogenated alkanes) is 18. The number of carbonyl (C=O) groups is 4. The summed E-state index contributed by atoms with van der Waals surface area (Å²) in [6.07, 6.45) is 19.6. The van der Waals surface area contributed by atoms with Crippen LogP contribution in [-0.4, -0.2) is 90.4 Å². The van der Waals surface area contributed by atoms with Crippen molar-refractivity contribution >= 4 is 34.8 Å². The minimum absolute atomic E-state index is 0.0194. The fourth-order valence-electron chi connectivity index (χ4n) is 9.31. The average molecular weight is 990 g/mol. The molecule has 17 heteroatoms. The first-order valence-corrected chi connectivity index (χ1v) is 26.5. The average Bonchev–Trinajstić information content (AvgIpc) is 3.73. The second-order valence-corrected chi connectivity index (χ2v) is 18.9. The van der Waals surface area contributed by atoms with Crippen LogP contribution in [0.5, 0.6) is 0 Å². The molecule has 0 saturated heterocycles. The zero-order chi connectivity index (χ0) is 50.7. The predicted octanol–water partition coefficient (Wildman–Crippen LogP) is 9.56. The minimum atomic E-state index is -1.86. The number of alkyl carbamates (subject to hydrolysis) is 1. The van der Waals surface area contributed by atoms with Gasteiger partial charge in [0, 0.05) is 49.1 Å². The minimum Gasteiger partial charge on any atom is -0.457 e. The van der Waals surface area contributed by atoms with Crippen LogP contribution in [0, 0.1) is 4.91 Å². The number of pyridine rings is 2. The molecule has 3 N–H and O–H groups in total. The molecule has 1 aromatic carbocycles. The van der Waals surface area contributed by atoms with Crippen LogP contribution in [0.25, 0.3) is 22.3 Å². The highest BCUT2D eigenvalue weighted by Gasteiger charge is 2.50. The van der Waals surface area contributed by atoms with E-state index in [1.165, 1.54) is 77.0 Å². The van der Waals surface area contributed by atoms with E-state index in [1.807, 2.05) is 30.3 Å². The van der Waals surface area contributed by atoms with Gasteiger partial charge in [0.15, 0.2) is 12.4 Å². The highest BCUT2D eigenvalue weighted by atomic mass is 16.7. The van der Waals surface area contributed by atoms with Gasteiger partial charge in [-0.05, 0) is 43.9 Å². The Kier molecular flexibility index (Phi) is 24.9. The molecule has 0 fully saturated rings. The molecule has 2 amide bonds. The Balaban J connectivity index is 0.916.